The van der Waals surface area contributed by atoms with Gasteiger partial charge < -0.3 is 15.4 Å². The lowest BCUT2D eigenvalue weighted by Crippen LogP contribution is -2.29. The van der Waals surface area contributed by atoms with Gasteiger partial charge in [-0.1, -0.05) is 13.0 Å². The summed E-state index contributed by atoms with van der Waals surface area (Å²) in [5.74, 6) is 0.834. The van der Waals surface area contributed by atoms with Crippen molar-refractivity contribution in [2.45, 2.75) is 19.9 Å². The van der Waals surface area contributed by atoms with E-state index in [1.807, 2.05) is 18.2 Å². The highest BCUT2D eigenvalue weighted by Crippen LogP contribution is 2.26. The molecule has 17 heavy (non-hydrogen) atoms. The third-order valence-electron chi connectivity index (χ3n) is 2.83. The summed E-state index contributed by atoms with van der Waals surface area (Å²) in [6.45, 7) is 4.51. The molecule has 0 saturated carbocycles. The van der Waals surface area contributed by atoms with E-state index in [4.69, 9.17) is 10.5 Å². The summed E-state index contributed by atoms with van der Waals surface area (Å²) in [7, 11) is 0. The molecule has 0 spiro atoms. The predicted molar refractivity (Wildman–Crippen MR) is 66.0 cm³/mol. The number of amides is 1. The van der Waals surface area contributed by atoms with Crippen molar-refractivity contribution in [2.75, 3.05) is 19.7 Å². The van der Waals surface area contributed by atoms with Gasteiger partial charge in [-0.15, -0.1) is 0 Å². The van der Waals surface area contributed by atoms with Gasteiger partial charge in [-0.05, 0) is 24.1 Å². The number of benzene rings is 1. The average molecular weight is 234 g/mol. The highest BCUT2D eigenvalue weighted by atomic mass is 16.5. The van der Waals surface area contributed by atoms with Crippen molar-refractivity contribution in [2.24, 2.45) is 5.73 Å². The van der Waals surface area contributed by atoms with E-state index >= 15 is 0 Å². The highest BCUT2D eigenvalue weighted by Gasteiger charge is 2.26. The lowest BCUT2D eigenvalue weighted by atomic mass is 10.1. The molecule has 1 aliphatic rings. The number of ether oxygens (including phenoxy) is 1. The van der Waals surface area contributed by atoms with E-state index in [0.29, 0.717) is 26.2 Å². The molecule has 2 rings (SSSR count). The van der Waals surface area contributed by atoms with Crippen molar-refractivity contribution in [3.8, 4) is 5.75 Å². The fraction of sp³-hybridized carbons (Fsp3) is 0.462. The van der Waals surface area contributed by atoms with Gasteiger partial charge >= 0.3 is 0 Å². The predicted octanol–water partition coefficient (Wildman–Crippen LogP) is 1.39. The van der Waals surface area contributed by atoms with Crippen LogP contribution < -0.4 is 10.5 Å². The lowest BCUT2D eigenvalue weighted by Gasteiger charge is -2.13. The molecule has 1 aromatic carbocycles. The van der Waals surface area contributed by atoms with Crippen LogP contribution in [0.3, 0.4) is 0 Å². The van der Waals surface area contributed by atoms with Crippen molar-refractivity contribution in [3.05, 3.63) is 29.3 Å². The Balaban J connectivity index is 2.16. The molecular weight excluding hydrogens is 216 g/mol. The zero-order valence-corrected chi connectivity index (χ0v) is 10.1. The summed E-state index contributed by atoms with van der Waals surface area (Å²) < 4.78 is 5.53. The fourth-order valence-corrected chi connectivity index (χ4v) is 1.99. The maximum absolute atomic E-state index is 12.0. The molecule has 0 unspecified atom stereocenters. The molecule has 0 radical (unpaired) electrons. The summed E-state index contributed by atoms with van der Waals surface area (Å²) in [5, 5.41) is 0. The Morgan fingerprint density at radius 3 is 3.00 bits per heavy atom. The molecule has 1 aliphatic heterocycles. The number of fused-ring (bicyclic) bond motifs is 1. The number of carbonyl (C=O) groups is 1. The molecule has 0 bridgehead atoms. The van der Waals surface area contributed by atoms with Crippen molar-refractivity contribution in [3.63, 3.8) is 0 Å². The minimum atomic E-state index is 0.0624. The molecule has 1 amide bonds. The molecule has 4 nitrogen and oxygen atoms in total. The van der Waals surface area contributed by atoms with Crippen LogP contribution in [0.15, 0.2) is 18.2 Å². The van der Waals surface area contributed by atoms with Gasteiger partial charge in [-0.2, -0.15) is 0 Å². The standard InChI is InChI=1S/C13H18N2O2/c1-2-7-17-11-4-3-10-9-15(6-5-14)13(16)12(10)8-11/h3-4,8H,2,5-7,9,14H2,1H3. The maximum atomic E-state index is 12.0. The van der Waals surface area contributed by atoms with Crippen molar-refractivity contribution < 1.29 is 9.53 Å². The van der Waals surface area contributed by atoms with Crippen LogP contribution in [-0.4, -0.2) is 30.5 Å². The van der Waals surface area contributed by atoms with Crippen LogP contribution in [0.25, 0.3) is 0 Å². The van der Waals surface area contributed by atoms with Gasteiger partial charge in [-0.25, -0.2) is 0 Å². The summed E-state index contributed by atoms with van der Waals surface area (Å²) >= 11 is 0. The van der Waals surface area contributed by atoms with Gasteiger partial charge in [0.2, 0.25) is 0 Å². The molecule has 0 saturated heterocycles. The number of carbonyl (C=O) groups excluding carboxylic acids is 1. The Labute approximate surface area is 101 Å². The molecule has 1 aromatic rings. The van der Waals surface area contributed by atoms with Crippen molar-refractivity contribution in [1.29, 1.82) is 0 Å². The number of nitrogens with zero attached hydrogens (tertiary/aromatic N) is 1. The molecule has 4 heteroatoms. The Kier molecular flexibility index (Phi) is 3.64. The maximum Gasteiger partial charge on any atom is 0.254 e. The van der Waals surface area contributed by atoms with Crippen LogP contribution in [0.5, 0.6) is 5.75 Å². The molecule has 0 fully saturated rings. The topological polar surface area (TPSA) is 55.6 Å². The van der Waals surface area contributed by atoms with Gasteiger partial charge in [0.25, 0.3) is 5.91 Å². The Hall–Kier alpha value is -1.55. The third-order valence-corrected chi connectivity index (χ3v) is 2.83. The minimum Gasteiger partial charge on any atom is -0.494 e. The first-order valence-corrected chi connectivity index (χ1v) is 6.01. The number of hydrogen-bond acceptors (Lipinski definition) is 3. The first-order valence-electron chi connectivity index (χ1n) is 6.01. The van der Waals surface area contributed by atoms with Gasteiger partial charge in [0, 0.05) is 25.2 Å². The molecule has 0 aromatic heterocycles. The van der Waals surface area contributed by atoms with Crippen LogP contribution >= 0.6 is 0 Å². The monoisotopic (exact) mass is 234 g/mol. The molecule has 1 heterocycles. The smallest absolute Gasteiger partial charge is 0.254 e. The van der Waals surface area contributed by atoms with E-state index in [2.05, 4.69) is 6.92 Å². The van der Waals surface area contributed by atoms with E-state index in [0.717, 1.165) is 23.3 Å². The molecule has 2 N–H and O–H groups in total. The number of rotatable bonds is 5. The van der Waals surface area contributed by atoms with Crippen LogP contribution in [0, 0.1) is 0 Å². The van der Waals surface area contributed by atoms with Crippen LogP contribution in [0.1, 0.15) is 29.3 Å². The largest absolute Gasteiger partial charge is 0.494 e. The number of nitrogens with two attached hydrogens (primary N) is 1. The van der Waals surface area contributed by atoms with E-state index in [1.54, 1.807) is 4.90 Å². The second-order valence-electron chi connectivity index (χ2n) is 4.18. The first kappa shape index (κ1) is 11.9. The van der Waals surface area contributed by atoms with E-state index in [1.165, 1.54) is 0 Å². The zero-order chi connectivity index (χ0) is 12.3. The second kappa shape index (κ2) is 5.19. The summed E-state index contributed by atoms with van der Waals surface area (Å²) in [6, 6.07) is 5.73. The van der Waals surface area contributed by atoms with Crippen LogP contribution in [-0.2, 0) is 6.54 Å². The third kappa shape index (κ3) is 2.42. The summed E-state index contributed by atoms with van der Waals surface area (Å²) in [5.41, 5.74) is 7.30. The van der Waals surface area contributed by atoms with E-state index < -0.39 is 0 Å². The second-order valence-corrected chi connectivity index (χ2v) is 4.18. The average Bonchev–Trinajstić information content (AvgIpc) is 2.65. The highest BCUT2D eigenvalue weighted by molar-refractivity contribution is 5.98. The van der Waals surface area contributed by atoms with E-state index in [9.17, 15) is 4.79 Å². The van der Waals surface area contributed by atoms with Crippen molar-refractivity contribution in [1.82, 2.24) is 4.90 Å². The molecular formula is C13H18N2O2. The molecule has 0 aliphatic carbocycles. The van der Waals surface area contributed by atoms with Gasteiger partial charge in [-0.3, -0.25) is 4.79 Å². The normalized spacial score (nSPS) is 14.0. The van der Waals surface area contributed by atoms with Gasteiger partial charge in [0.15, 0.2) is 0 Å². The zero-order valence-electron chi connectivity index (χ0n) is 10.1. The quantitative estimate of drug-likeness (QED) is 0.837. The Bertz CT molecular complexity index is 418. The first-order chi connectivity index (χ1) is 8.26. The van der Waals surface area contributed by atoms with Crippen molar-refractivity contribution >= 4 is 5.91 Å². The van der Waals surface area contributed by atoms with Gasteiger partial charge in [0.05, 0.1) is 6.61 Å². The Morgan fingerprint density at radius 2 is 2.29 bits per heavy atom. The minimum absolute atomic E-state index is 0.0624. The van der Waals surface area contributed by atoms with E-state index in [-0.39, 0.29) is 5.91 Å². The lowest BCUT2D eigenvalue weighted by molar-refractivity contribution is 0.0783. The number of hydrogen-bond donors (Lipinski definition) is 1. The molecule has 0 atom stereocenters. The summed E-state index contributed by atoms with van der Waals surface area (Å²) in [6.07, 6.45) is 0.963. The Morgan fingerprint density at radius 1 is 1.47 bits per heavy atom. The van der Waals surface area contributed by atoms with Gasteiger partial charge in [0.1, 0.15) is 5.75 Å². The van der Waals surface area contributed by atoms with Crippen LogP contribution in [0.4, 0.5) is 0 Å². The molecule has 92 valence electrons. The summed E-state index contributed by atoms with van der Waals surface area (Å²) in [4.78, 5) is 13.8. The SMILES string of the molecule is CCCOc1ccc2c(c1)C(=O)N(CCN)C2. The fourth-order valence-electron chi connectivity index (χ4n) is 1.99. The van der Waals surface area contributed by atoms with Crippen LogP contribution in [0.2, 0.25) is 0 Å².